The maximum absolute atomic E-state index is 13.0. The summed E-state index contributed by atoms with van der Waals surface area (Å²) in [5.41, 5.74) is 1.39. The number of halogens is 3. The predicted octanol–water partition coefficient (Wildman–Crippen LogP) is 4.85. The molecule has 5 heteroatoms. The highest BCUT2D eigenvalue weighted by atomic mass is 19.4. The molecule has 0 aliphatic carbocycles. The zero-order valence-electron chi connectivity index (χ0n) is 14.8. The highest BCUT2D eigenvalue weighted by molar-refractivity contribution is 5.83. The van der Waals surface area contributed by atoms with Crippen LogP contribution in [0.5, 0.6) is 0 Å². The molecular weight excluding hydrogens is 349 g/mol. The number of hydrogen-bond donors (Lipinski definition) is 1. The van der Waals surface area contributed by atoms with E-state index in [1.54, 1.807) is 12.1 Å². The van der Waals surface area contributed by atoms with Gasteiger partial charge in [-0.05, 0) is 40.1 Å². The predicted molar refractivity (Wildman–Crippen MR) is 102 cm³/mol. The van der Waals surface area contributed by atoms with Gasteiger partial charge in [0, 0.05) is 26.2 Å². The van der Waals surface area contributed by atoms with Gasteiger partial charge >= 0.3 is 6.18 Å². The van der Waals surface area contributed by atoms with Gasteiger partial charge < -0.3 is 5.32 Å². The minimum atomic E-state index is -4.31. The molecule has 0 aromatic heterocycles. The Hall–Kier alpha value is -2.37. The van der Waals surface area contributed by atoms with E-state index in [4.69, 9.17) is 0 Å². The van der Waals surface area contributed by atoms with Crippen molar-refractivity contribution in [1.29, 1.82) is 0 Å². The lowest BCUT2D eigenvalue weighted by molar-refractivity contribution is -0.137. The van der Waals surface area contributed by atoms with Gasteiger partial charge in [-0.2, -0.15) is 13.2 Å². The van der Waals surface area contributed by atoms with E-state index in [9.17, 15) is 13.2 Å². The summed E-state index contributed by atoms with van der Waals surface area (Å²) in [7, 11) is 0. The van der Waals surface area contributed by atoms with Gasteiger partial charge in [0.15, 0.2) is 0 Å². The lowest BCUT2D eigenvalue weighted by Crippen LogP contribution is -2.45. The third kappa shape index (κ3) is 3.84. The number of benzene rings is 3. The monoisotopic (exact) mass is 370 g/mol. The Morgan fingerprint density at radius 1 is 0.778 bits per heavy atom. The van der Waals surface area contributed by atoms with Crippen molar-refractivity contribution < 1.29 is 13.2 Å². The lowest BCUT2D eigenvalue weighted by atomic mass is 9.93. The SMILES string of the molecule is FC(F)(F)c1ccc(C(c2ccc3ccccc3c2)N2CCNCC2)cc1. The van der Waals surface area contributed by atoms with Crippen molar-refractivity contribution in [2.24, 2.45) is 0 Å². The Morgan fingerprint density at radius 2 is 1.41 bits per heavy atom. The number of fused-ring (bicyclic) bond motifs is 1. The van der Waals surface area contributed by atoms with Crippen molar-refractivity contribution in [2.45, 2.75) is 12.2 Å². The largest absolute Gasteiger partial charge is 0.416 e. The number of nitrogens with zero attached hydrogens (tertiary/aromatic N) is 1. The maximum atomic E-state index is 13.0. The Labute approximate surface area is 156 Å². The minimum Gasteiger partial charge on any atom is -0.314 e. The fraction of sp³-hybridized carbons (Fsp3) is 0.273. The Morgan fingerprint density at radius 3 is 2.07 bits per heavy atom. The van der Waals surface area contributed by atoms with Crippen LogP contribution in [0.2, 0.25) is 0 Å². The quantitative estimate of drug-likeness (QED) is 0.709. The third-order valence-corrected chi connectivity index (χ3v) is 5.16. The molecule has 0 saturated carbocycles. The second kappa shape index (κ2) is 7.33. The lowest BCUT2D eigenvalue weighted by Gasteiger charge is -2.35. The Kier molecular flexibility index (Phi) is 4.89. The van der Waals surface area contributed by atoms with Crippen LogP contribution in [0.1, 0.15) is 22.7 Å². The molecule has 0 bridgehead atoms. The molecule has 1 unspecified atom stereocenters. The van der Waals surface area contributed by atoms with Gasteiger partial charge in [0.25, 0.3) is 0 Å². The molecule has 4 rings (SSSR count). The van der Waals surface area contributed by atoms with Gasteiger partial charge in [0.1, 0.15) is 0 Å². The summed E-state index contributed by atoms with van der Waals surface area (Å²) in [5.74, 6) is 0. The molecule has 0 amide bonds. The number of hydrogen-bond acceptors (Lipinski definition) is 2. The number of nitrogens with one attached hydrogen (secondary N) is 1. The van der Waals surface area contributed by atoms with Crippen molar-refractivity contribution >= 4 is 10.8 Å². The fourth-order valence-electron chi connectivity index (χ4n) is 3.79. The first-order valence-corrected chi connectivity index (χ1v) is 9.13. The first-order chi connectivity index (χ1) is 13.0. The van der Waals surface area contributed by atoms with Crippen LogP contribution in [0.25, 0.3) is 10.8 Å². The van der Waals surface area contributed by atoms with Crippen LogP contribution in [-0.2, 0) is 6.18 Å². The summed E-state index contributed by atoms with van der Waals surface area (Å²) < 4.78 is 38.9. The molecule has 27 heavy (non-hydrogen) atoms. The average molecular weight is 370 g/mol. The van der Waals surface area contributed by atoms with E-state index in [1.807, 2.05) is 12.1 Å². The minimum absolute atomic E-state index is 0.0565. The van der Waals surface area contributed by atoms with E-state index in [0.29, 0.717) is 0 Å². The van der Waals surface area contributed by atoms with Crippen LogP contribution < -0.4 is 5.32 Å². The van der Waals surface area contributed by atoms with E-state index >= 15 is 0 Å². The van der Waals surface area contributed by atoms with Crippen molar-refractivity contribution in [3.8, 4) is 0 Å². The van der Waals surface area contributed by atoms with E-state index in [-0.39, 0.29) is 6.04 Å². The van der Waals surface area contributed by atoms with Crippen LogP contribution in [0.3, 0.4) is 0 Å². The molecule has 2 nitrogen and oxygen atoms in total. The van der Waals surface area contributed by atoms with Gasteiger partial charge in [-0.1, -0.05) is 48.5 Å². The molecule has 1 atom stereocenters. The van der Waals surface area contributed by atoms with Crippen LogP contribution in [0.4, 0.5) is 13.2 Å². The van der Waals surface area contributed by atoms with Gasteiger partial charge in [0.05, 0.1) is 11.6 Å². The smallest absolute Gasteiger partial charge is 0.314 e. The summed E-state index contributed by atoms with van der Waals surface area (Å²) in [4.78, 5) is 2.34. The standard InChI is InChI=1S/C22H21F3N2/c23-22(24,25)20-9-7-17(8-10-20)21(27-13-11-26-12-14-27)19-6-5-16-3-1-2-4-18(16)15-19/h1-10,15,21,26H,11-14H2. The summed E-state index contributed by atoms with van der Waals surface area (Å²) in [6.07, 6.45) is -4.31. The van der Waals surface area contributed by atoms with Crippen molar-refractivity contribution in [3.63, 3.8) is 0 Å². The molecule has 3 aromatic carbocycles. The molecule has 1 fully saturated rings. The highest BCUT2D eigenvalue weighted by Crippen LogP contribution is 2.34. The van der Waals surface area contributed by atoms with E-state index in [2.05, 4.69) is 40.5 Å². The molecule has 3 aromatic rings. The van der Waals surface area contributed by atoms with Gasteiger partial charge in [-0.3, -0.25) is 4.90 Å². The molecule has 0 spiro atoms. The molecule has 1 N–H and O–H groups in total. The molecule has 0 radical (unpaired) electrons. The summed E-state index contributed by atoms with van der Waals surface area (Å²) >= 11 is 0. The topological polar surface area (TPSA) is 15.3 Å². The van der Waals surface area contributed by atoms with Crippen LogP contribution in [0, 0.1) is 0 Å². The molecule has 1 saturated heterocycles. The van der Waals surface area contributed by atoms with E-state index in [1.165, 1.54) is 12.1 Å². The van der Waals surface area contributed by atoms with Crippen LogP contribution >= 0.6 is 0 Å². The highest BCUT2D eigenvalue weighted by Gasteiger charge is 2.31. The molecule has 1 aliphatic heterocycles. The molecule has 1 aliphatic rings. The van der Waals surface area contributed by atoms with Crippen LogP contribution in [-0.4, -0.2) is 31.1 Å². The number of rotatable bonds is 3. The Bertz CT molecular complexity index is 913. The average Bonchev–Trinajstić information content (AvgIpc) is 2.69. The van der Waals surface area contributed by atoms with Crippen molar-refractivity contribution in [3.05, 3.63) is 83.4 Å². The zero-order valence-corrected chi connectivity index (χ0v) is 14.8. The fourth-order valence-corrected chi connectivity index (χ4v) is 3.79. The molecule has 140 valence electrons. The van der Waals surface area contributed by atoms with Gasteiger partial charge in [-0.25, -0.2) is 0 Å². The third-order valence-electron chi connectivity index (χ3n) is 5.16. The second-order valence-corrected chi connectivity index (χ2v) is 6.91. The number of alkyl halides is 3. The van der Waals surface area contributed by atoms with E-state index in [0.717, 1.165) is 48.1 Å². The first-order valence-electron chi connectivity index (χ1n) is 9.13. The zero-order chi connectivity index (χ0) is 18.9. The molecule has 1 heterocycles. The Balaban J connectivity index is 1.76. The van der Waals surface area contributed by atoms with Crippen LogP contribution in [0.15, 0.2) is 66.7 Å². The number of piperazine rings is 1. The normalized spacial score (nSPS) is 17.1. The van der Waals surface area contributed by atoms with Gasteiger partial charge in [-0.15, -0.1) is 0 Å². The van der Waals surface area contributed by atoms with E-state index < -0.39 is 11.7 Å². The summed E-state index contributed by atoms with van der Waals surface area (Å²) in [6.45, 7) is 3.48. The van der Waals surface area contributed by atoms with Crippen molar-refractivity contribution in [1.82, 2.24) is 10.2 Å². The second-order valence-electron chi connectivity index (χ2n) is 6.91. The maximum Gasteiger partial charge on any atom is 0.416 e. The summed E-state index contributed by atoms with van der Waals surface area (Å²) in [6, 6.07) is 20.0. The summed E-state index contributed by atoms with van der Waals surface area (Å²) in [5, 5.41) is 5.64. The van der Waals surface area contributed by atoms with Crippen molar-refractivity contribution in [2.75, 3.05) is 26.2 Å². The first kappa shape index (κ1) is 18.0. The molecular formula is C22H21F3N2. The van der Waals surface area contributed by atoms with Gasteiger partial charge in [0.2, 0.25) is 0 Å².